The van der Waals surface area contributed by atoms with Gasteiger partial charge in [-0.25, -0.2) is 0 Å². The molecular formula is C83H57N3. The van der Waals surface area contributed by atoms with Crippen molar-refractivity contribution in [3.63, 3.8) is 0 Å². The summed E-state index contributed by atoms with van der Waals surface area (Å²) in [6, 6.07) is 115. The summed E-state index contributed by atoms with van der Waals surface area (Å²) in [5.41, 5.74) is 14.7. The van der Waals surface area contributed by atoms with Crippen LogP contribution in [0.2, 0.25) is 0 Å². The third kappa shape index (κ3) is 7.82. The van der Waals surface area contributed by atoms with Crippen molar-refractivity contribution in [1.82, 2.24) is 0 Å². The summed E-state index contributed by atoms with van der Waals surface area (Å²) in [6.07, 6.45) is 0. The summed E-state index contributed by atoms with van der Waals surface area (Å²) < 4.78 is 0. The van der Waals surface area contributed by atoms with Gasteiger partial charge in [-0.05, 0) is 150 Å². The number of anilines is 9. The molecule has 0 aromatic heterocycles. The maximum Gasteiger partial charge on any atom is 0.0620 e. The molecule has 0 unspecified atom stereocenters. The lowest BCUT2D eigenvalue weighted by Crippen LogP contribution is -2.18. The monoisotopic (exact) mass is 1100 g/mol. The number of hydrogen-bond acceptors (Lipinski definition) is 3. The first kappa shape index (κ1) is 49.6. The van der Waals surface area contributed by atoms with Crippen molar-refractivity contribution < 1.29 is 0 Å². The summed E-state index contributed by atoms with van der Waals surface area (Å²) in [5.74, 6) is 0. The minimum atomic E-state index is -0.424. The molecule has 0 fully saturated rings. The molecule has 0 spiro atoms. The molecular weight excluding hydrogens is 1040 g/mol. The largest absolute Gasteiger partial charge is 0.310 e. The summed E-state index contributed by atoms with van der Waals surface area (Å²) >= 11 is 0. The molecule has 1 aliphatic rings. The van der Waals surface area contributed by atoms with Crippen LogP contribution in [0.5, 0.6) is 0 Å². The van der Waals surface area contributed by atoms with Gasteiger partial charge in [0.25, 0.3) is 0 Å². The van der Waals surface area contributed by atoms with Gasteiger partial charge in [0, 0.05) is 65.9 Å². The van der Waals surface area contributed by atoms with E-state index in [2.05, 4.69) is 338 Å². The second kappa shape index (κ2) is 19.6. The summed E-state index contributed by atoms with van der Waals surface area (Å²) in [5, 5.41) is 19.0. The SMILES string of the molecule is CC1(C)c2cc(N(c3ccc4ccccc4c3)c3cccc4ccccc34)ccc2-c2cc3c(N(c4ccc5ccccc5c4)c4cccc5ccccc45)c4ccccc4c(N(c4ccc5ccccc5c4)c4cccc5ccccc45)c3cc21. The van der Waals surface area contributed by atoms with Crippen LogP contribution in [0, 0.1) is 0 Å². The molecule has 16 aromatic rings. The van der Waals surface area contributed by atoms with E-state index in [1.165, 1.54) is 92.3 Å². The van der Waals surface area contributed by atoms with Crippen LogP contribution in [-0.4, -0.2) is 0 Å². The second-order valence-electron chi connectivity index (χ2n) is 23.6. The average molecular weight is 1100 g/mol. The topological polar surface area (TPSA) is 9.72 Å². The molecule has 0 N–H and O–H groups in total. The molecule has 1 aliphatic carbocycles. The first-order valence-electron chi connectivity index (χ1n) is 29.9. The van der Waals surface area contributed by atoms with Gasteiger partial charge in [-0.1, -0.05) is 244 Å². The van der Waals surface area contributed by atoms with E-state index in [-0.39, 0.29) is 0 Å². The summed E-state index contributed by atoms with van der Waals surface area (Å²) in [6.45, 7) is 4.88. The third-order valence-corrected chi connectivity index (χ3v) is 18.4. The lowest BCUT2D eigenvalue weighted by Gasteiger charge is -2.34. The molecule has 0 bridgehead atoms. The van der Waals surface area contributed by atoms with Gasteiger partial charge in [0.05, 0.1) is 28.4 Å². The highest BCUT2D eigenvalue weighted by Gasteiger charge is 2.39. The van der Waals surface area contributed by atoms with Crippen LogP contribution >= 0.6 is 0 Å². The lowest BCUT2D eigenvalue weighted by molar-refractivity contribution is 0.661. The predicted octanol–water partition coefficient (Wildman–Crippen LogP) is 23.6. The fourth-order valence-corrected chi connectivity index (χ4v) is 14.3. The van der Waals surface area contributed by atoms with Gasteiger partial charge in [-0.2, -0.15) is 0 Å². The molecule has 86 heavy (non-hydrogen) atoms. The van der Waals surface area contributed by atoms with Crippen LogP contribution in [0.1, 0.15) is 25.0 Å². The molecule has 0 saturated heterocycles. The van der Waals surface area contributed by atoms with Gasteiger partial charge < -0.3 is 14.7 Å². The molecule has 3 heteroatoms. The molecule has 0 amide bonds. The zero-order valence-electron chi connectivity index (χ0n) is 47.8. The van der Waals surface area contributed by atoms with Crippen molar-refractivity contribution in [2.75, 3.05) is 14.7 Å². The molecule has 17 rings (SSSR count). The van der Waals surface area contributed by atoms with E-state index >= 15 is 0 Å². The number of fused-ring (bicyclic) bond motifs is 11. The zero-order chi connectivity index (χ0) is 57.0. The van der Waals surface area contributed by atoms with Crippen molar-refractivity contribution in [1.29, 1.82) is 0 Å². The van der Waals surface area contributed by atoms with E-state index in [1.807, 2.05) is 0 Å². The zero-order valence-corrected chi connectivity index (χ0v) is 47.8. The van der Waals surface area contributed by atoms with Crippen molar-refractivity contribution in [3.8, 4) is 11.1 Å². The minimum Gasteiger partial charge on any atom is -0.310 e. The second-order valence-corrected chi connectivity index (χ2v) is 23.6. The summed E-state index contributed by atoms with van der Waals surface area (Å²) in [7, 11) is 0. The Balaban J connectivity index is 0.990. The number of rotatable bonds is 9. The van der Waals surface area contributed by atoms with Crippen molar-refractivity contribution in [3.05, 3.63) is 321 Å². The quantitative estimate of drug-likeness (QED) is 0.105. The standard InChI is InChI=1S/C83H57N3/c1-83(2)76-51-66(84(63-43-40-54-20-3-6-26-60(54)48-63)78-37-17-29-57-23-9-12-32-67(57)78)46-47-70(76)73-52-74-75(53-77(73)83)82(86(65-45-42-56-22-5-8-28-62(56)50-65)80-39-19-31-59-25-11-14-34-69(59)80)72-36-16-15-35-71(72)81(74)85(64-44-41-55-21-4-7-27-61(55)49-64)79-38-18-30-58-24-10-13-33-68(58)79/h3-53H,1-2H3. The van der Waals surface area contributed by atoms with E-state index in [1.54, 1.807) is 0 Å². The number of benzene rings is 16. The Labute approximate surface area is 500 Å². The van der Waals surface area contributed by atoms with E-state index in [0.29, 0.717) is 0 Å². The predicted molar refractivity (Wildman–Crippen MR) is 368 cm³/mol. The normalized spacial score (nSPS) is 12.6. The Bertz CT molecular complexity index is 5430. The highest BCUT2D eigenvalue weighted by Crippen LogP contribution is 2.58. The molecule has 404 valence electrons. The van der Waals surface area contributed by atoms with Crippen molar-refractivity contribution >= 4 is 137 Å². The molecule has 0 aliphatic heterocycles. The van der Waals surface area contributed by atoms with E-state index in [4.69, 9.17) is 0 Å². The smallest absolute Gasteiger partial charge is 0.0620 e. The number of hydrogen-bond donors (Lipinski definition) is 0. The maximum absolute atomic E-state index is 2.59. The fraction of sp³-hybridized carbons (Fsp3) is 0.0361. The molecule has 16 aromatic carbocycles. The van der Waals surface area contributed by atoms with E-state index in [0.717, 1.165) is 67.3 Å². The maximum atomic E-state index is 2.59. The van der Waals surface area contributed by atoms with Crippen LogP contribution in [0.3, 0.4) is 0 Å². The Morgan fingerprint density at radius 2 is 0.523 bits per heavy atom. The van der Waals surface area contributed by atoms with Crippen molar-refractivity contribution in [2.24, 2.45) is 0 Å². The Morgan fingerprint density at radius 3 is 0.965 bits per heavy atom. The lowest BCUT2D eigenvalue weighted by atomic mass is 9.81. The van der Waals surface area contributed by atoms with Gasteiger partial charge in [0.2, 0.25) is 0 Å². The van der Waals surface area contributed by atoms with Gasteiger partial charge in [-0.3, -0.25) is 0 Å². The van der Waals surface area contributed by atoms with Crippen LogP contribution in [0.4, 0.5) is 51.2 Å². The third-order valence-electron chi connectivity index (χ3n) is 18.4. The molecule has 0 heterocycles. The first-order valence-corrected chi connectivity index (χ1v) is 29.9. The Hall–Kier alpha value is -11.0. The van der Waals surface area contributed by atoms with E-state index < -0.39 is 5.41 Å². The van der Waals surface area contributed by atoms with Gasteiger partial charge in [0.15, 0.2) is 0 Å². The van der Waals surface area contributed by atoms with Gasteiger partial charge >= 0.3 is 0 Å². The minimum absolute atomic E-state index is 0.424. The van der Waals surface area contributed by atoms with Gasteiger partial charge in [0.1, 0.15) is 0 Å². The molecule has 3 nitrogen and oxygen atoms in total. The van der Waals surface area contributed by atoms with Crippen molar-refractivity contribution in [2.45, 2.75) is 19.3 Å². The van der Waals surface area contributed by atoms with Crippen LogP contribution in [0.25, 0.3) is 97.3 Å². The van der Waals surface area contributed by atoms with Crippen LogP contribution in [-0.2, 0) is 5.41 Å². The molecule has 0 atom stereocenters. The van der Waals surface area contributed by atoms with E-state index in [9.17, 15) is 0 Å². The summed E-state index contributed by atoms with van der Waals surface area (Å²) in [4.78, 5) is 7.63. The Kier molecular flexibility index (Phi) is 11.3. The first-order chi connectivity index (χ1) is 42.4. The molecule has 0 radical (unpaired) electrons. The number of nitrogens with zero attached hydrogens (tertiary/aromatic N) is 3. The highest BCUT2D eigenvalue weighted by atomic mass is 15.2. The molecule has 0 saturated carbocycles. The van der Waals surface area contributed by atoms with Crippen LogP contribution < -0.4 is 14.7 Å². The average Bonchev–Trinajstić information content (AvgIpc) is 1.36. The van der Waals surface area contributed by atoms with Gasteiger partial charge in [-0.15, -0.1) is 0 Å². The highest BCUT2D eigenvalue weighted by molar-refractivity contribution is 6.26. The van der Waals surface area contributed by atoms with Crippen LogP contribution in [0.15, 0.2) is 309 Å². The Morgan fingerprint density at radius 1 is 0.209 bits per heavy atom. The fourth-order valence-electron chi connectivity index (χ4n) is 14.3.